The van der Waals surface area contributed by atoms with Crippen LogP contribution in [0.25, 0.3) is 0 Å². The lowest BCUT2D eigenvalue weighted by Gasteiger charge is -2.00. The number of hydrogen-bond donors (Lipinski definition) is 0. The van der Waals surface area contributed by atoms with Crippen LogP contribution in [-0.2, 0) is 6.54 Å². The van der Waals surface area contributed by atoms with Crippen molar-refractivity contribution in [1.29, 1.82) is 0 Å². The second kappa shape index (κ2) is 6.21. The molecule has 2 aromatic rings. The van der Waals surface area contributed by atoms with Crippen molar-refractivity contribution >= 4 is 11.6 Å². The van der Waals surface area contributed by atoms with Gasteiger partial charge in [0.15, 0.2) is 18.4 Å². The number of hydrogen-bond acceptors (Lipinski definition) is 0. The average molecular weight is 346 g/mol. The van der Waals surface area contributed by atoms with Crippen molar-refractivity contribution in [1.82, 2.24) is 0 Å². The first kappa shape index (κ1) is 13.5. The molecule has 0 fully saturated rings. The number of aromatic nitrogens is 1. The number of aryl methyl sites for hydroxylation is 1. The minimum Gasteiger partial charge on any atom is -1.00 e. The predicted octanol–water partition coefficient (Wildman–Crippen LogP) is -0.0118. The van der Waals surface area contributed by atoms with Gasteiger partial charge in [-0.15, -0.1) is 0 Å². The molecule has 1 aromatic carbocycles. The van der Waals surface area contributed by atoms with Gasteiger partial charge < -0.3 is 24.0 Å². The minimum atomic E-state index is 0. The van der Waals surface area contributed by atoms with Crippen LogP contribution in [0.1, 0.15) is 11.3 Å². The first-order valence-corrected chi connectivity index (χ1v) is 5.33. The van der Waals surface area contributed by atoms with Crippen molar-refractivity contribution in [2.24, 2.45) is 0 Å². The van der Waals surface area contributed by atoms with Crippen LogP contribution in [0.3, 0.4) is 0 Å². The van der Waals surface area contributed by atoms with Gasteiger partial charge in [-0.25, -0.2) is 0 Å². The van der Waals surface area contributed by atoms with Gasteiger partial charge in [-0.3, -0.25) is 0 Å². The molecule has 0 bridgehead atoms. The summed E-state index contributed by atoms with van der Waals surface area (Å²) in [5, 5.41) is 0.786. The van der Waals surface area contributed by atoms with Crippen molar-refractivity contribution in [2.45, 2.75) is 13.5 Å². The van der Waals surface area contributed by atoms with Crippen LogP contribution < -0.4 is 28.5 Å². The smallest absolute Gasteiger partial charge is 0.178 e. The molecule has 1 nitrogen and oxygen atoms in total. The highest BCUT2D eigenvalue weighted by Gasteiger charge is 2.05. The number of halogens is 2. The molecule has 0 N–H and O–H groups in total. The zero-order chi connectivity index (χ0) is 10.7. The standard InChI is InChI=1S/C13H13ClN.HI/c1-11-4-2-3-9-15(11)10-12-5-7-13(14)8-6-12;/h2-9H,10H2,1H3;1H/q+1;/p-1. The van der Waals surface area contributed by atoms with Gasteiger partial charge in [-0.1, -0.05) is 29.8 Å². The lowest BCUT2D eigenvalue weighted by Crippen LogP contribution is -3.00. The molecule has 84 valence electrons. The van der Waals surface area contributed by atoms with Gasteiger partial charge >= 0.3 is 0 Å². The van der Waals surface area contributed by atoms with Gasteiger partial charge in [0.1, 0.15) is 0 Å². The van der Waals surface area contributed by atoms with Crippen LogP contribution in [0, 0.1) is 6.92 Å². The first-order chi connectivity index (χ1) is 7.25. The van der Waals surface area contributed by atoms with E-state index in [-0.39, 0.29) is 24.0 Å². The molecule has 0 spiro atoms. The fraction of sp³-hybridized carbons (Fsp3) is 0.154. The molecular formula is C13H13ClIN. The average Bonchev–Trinajstić information content (AvgIpc) is 2.25. The Balaban J connectivity index is 0.00000128. The quantitative estimate of drug-likeness (QED) is 0.532. The van der Waals surface area contributed by atoms with Crippen molar-refractivity contribution in [3.8, 4) is 0 Å². The molecule has 0 unspecified atom stereocenters. The van der Waals surface area contributed by atoms with Crippen molar-refractivity contribution in [3.05, 3.63) is 64.9 Å². The molecule has 0 saturated heterocycles. The summed E-state index contributed by atoms with van der Waals surface area (Å²) in [6.07, 6.45) is 2.09. The lowest BCUT2D eigenvalue weighted by atomic mass is 10.2. The van der Waals surface area contributed by atoms with E-state index in [4.69, 9.17) is 11.6 Å². The summed E-state index contributed by atoms with van der Waals surface area (Å²) in [4.78, 5) is 0. The van der Waals surface area contributed by atoms with E-state index in [0.717, 1.165) is 11.6 Å². The van der Waals surface area contributed by atoms with Crippen LogP contribution in [-0.4, -0.2) is 0 Å². The van der Waals surface area contributed by atoms with E-state index in [9.17, 15) is 0 Å². The monoisotopic (exact) mass is 345 g/mol. The third kappa shape index (κ3) is 3.46. The fourth-order valence-electron chi connectivity index (χ4n) is 1.53. The maximum atomic E-state index is 5.84. The third-order valence-electron chi connectivity index (χ3n) is 2.43. The highest BCUT2D eigenvalue weighted by molar-refractivity contribution is 6.30. The van der Waals surface area contributed by atoms with E-state index in [0.29, 0.717) is 0 Å². The minimum absolute atomic E-state index is 0. The maximum Gasteiger partial charge on any atom is 0.178 e. The van der Waals surface area contributed by atoms with Crippen molar-refractivity contribution in [2.75, 3.05) is 0 Å². The fourth-order valence-corrected chi connectivity index (χ4v) is 1.65. The van der Waals surface area contributed by atoms with Crippen LogP contribution in [0.2, 0.25) is 5.02 Å². The zero-order valence-electron chi connectivity index (χ0n) is 9.03. The van der Waals surface area contributed by atoms with Gasteiger partial charge in [0, 0.05) is 29.6 Å². The Morgan fingerprint density at radius 3 is 2.38 bits per heavy atom. The Kier molecular flexibility index (Phi) is 5.22. The summed E-state index contributed by atoms with van der Waals surface area (Å²) in [6.45, 7) is 3.00. The first-order valence-electron chi connectivity index (χ1n) is 4.95. The topological polar surface area (TPSA) is 3.88 Å². The maximum absolute atomic E-state index is 5.84. The Morgan fingerprint density at radius 2 is 1.75 bits per heavy atom. The molecule has 0 atom stereocenters. The molecule has 0 aliphatic heterocycles. The normalized spacial score (nSPS) is 9.62. The summed E-state index contributed by atoms with van der Waals surface area (Å²) in [7, 11) is 0. The molecule has 2 rings (SSSR count). The predicted molar refractivity (Wildman–Crippen MR) is 61.9 cm³/mol. The van der Waals surface area contributed by atoms with E-state index >= 15 is 0 Å². The van der Waals surface area contributed by atoms with E-state index < -0.39 is 0 Å². The summed E-state index contributed by atoms with van der Waals surface area (Å²) in [6, 6.07) is 14.2. The van der Waals surface area contributed by atoms with E-state index in [1.807, 2.05) is 24.3 Å². The zero-order valence-corrected chi connectivity index (χ0v) is 11.9. The summed E-state index contributed by atoms with van der Waals surface area (Å²) in [5.74, 6) is 0. The molecule has 0 saturated carbocycles. The summed E-state index contributed by atoms with van der Waals surface area (Å²) >= 11 is 5.84. The molecule has 1 aromatic heterocycles. The highest BCUT2D eigenvalue weighted by Crippen LogP contribution is 2.09. The molecule has 0 radical (unpaired) electrons. The number of benzene rings is 1. The summed E-state index contributed by atoms with van der Waals surface area (Å²) < 4.78 is 2.21. The summed E-state index contributed by atoms with van der Waals surface area (Å²) in [5.41, 5.74) is 2.52. The Hall–Kier alpha value is -0.610. The molecule has 0 aliphatic rings. The van der Waals surface area contributed by atoms with E-state index in [1.54, 1.807) is 0 Å². The SMILES string of the molecule is Cc1cccc[n+]1Cc1ccc(Cl)cc1.[I-]. The van der Waals surface area contributed by atoms with Gasteiger partial charge in [0.05, 0.1) is 0 Å². The molecular weight excluding hydrogens is 333 g/mol. The van der Waals surface area contributed by atoms with Gasteiger partial charge in [0.2, 0.25) is 0 Å². The second-order valence-electron chi connectivity index (χ2n) is 3.60. The molecule has 0 aliphatic carbocycles. The molecule has 16 heavy (non-hydrogen) atoms. The Labute approximate surface area is 118 Å². The molecule has 1 heterocycles. The Morgan fingerprint density at radius 1 is 1.06 bits per heavy atom. The van der Waals surface area contributed by atoms with Crippen molar-refractivity contribution in [3.63, 3.8) is 0 Å². The van der Waals surface area contributed by atoms with Gasteiger partial charge in [0.25, 0.3) is 0 Å². The van der Waals surface area contributed by atoms with E-state index in [1.165, 1.54) is 11.3 Å². The molecule has 0 amide bonds. The van der Waals surface area contributed by atoms with Crippen LogP contribution in [0.5, 0.6) is 0 Å². The largest absolute Gasteiger partial charge is 1.00 e. The molecule has 3 heteroatoms. The third-order valence-corrected chi connectivity index (χ3v) is 2.69. The number of pyridine rings is 1. The van der Waals surface area contributed by atoms with Gasteiger partial charge in [-0.2, -0.15) is 4.57 Å². The van der Waals surface area contributed by atoms with Crippen LogP contribution >= 0.6 is 11.6 Å². The number of rotatable bonds is 2. The Bertz CT molecular complexity index is 454. The second-order valence-corrected chi connectivity index (χ2v) is 4.03. The van der Waals surface area contributed by atoms with Crippen LogP contribution in [0.15, 0.2) is 48.7 Å². The van der Waals surface area contributed by atoms with Gasteiger partial charge in [-0.05, 0) is 12.1 Å². The lowest BCUT2D eigenvalue weighted by molar-refractivity contribution is -0.694. The van der Waals surface area contributed by atoms with Crippen molar-refractivity contribution < 1.29 is 28.5 Å². The van der Waals surface area contributed by atoms with E-state index in [2.05, 4.69) is 35.9 Å². The highest BCUT2D eigenvalue weighted by atomic mass is 127. The van der Waals surface area contributed by atoms with Crippen LogP contribution in [0.4, 0.5) is 0 Å². The number of nitrogens with zero attached hydrogens (tertiary/aromatic N) is 1.